The molecule has 0 aliphatic heterocycles. The average molecular weight is 326 g/mol. The van der Waals surface area contributed by atoms with E-state index in [0.29, 0.717) is 0 Å². The Bertz CT molecular complexity index is 448. The van der Waals surface area contributed by atoms with E-state index in [2.05, 4.69) is 15.9 Å². The number of hydrogen-bond acceptors (Lipinski definition) is 2. The maximum Gasteiger partial charge on any atom is 0.401 e. The highest BCUT2D eigenvalue weighted by Crippen LogP contribution is 2.22. The van der Waals surface area contributed by atoms with Crippen LogP contribution in [-0.2, 0) is 4.79 Å². The maximum atomic E-state index is 12.1. The molecule has 0 heterocycles. The van der Waals surface area contributed by atoms with Crippen LogP contribution < -0.4 is 5.32 Å². The number of rotatable bonds is 4. The summed E-state index contributed by atoms with van der Waals surface area (Å²) in [6, 6.07) is 3.24. The van der Waals surface area contributed by atoms with Crippen molar-refractivity contribution in [2.45, 2.75) is 19.1 Å². The molecule has 0 amide bonds. The van der Waals surface area contributed by atoms with Gasteiger partial charge in [0, 0.05) is 4.47 Å². The van der Waals surface area contributed by atoms with Gasteiger partial charge >= 0.3 is 12.1 Å². The summed E-state index contributed by atoms with van der Waals surface area (Å²) in [5.74, 6) is -1.35. The molecule has 2 N–H and O–H groups in total. The topological polar surface area (TPSA) is 49.3 Å². The van der Waals surface area contributed by atoms with Gasteiger partial charge in [-0.1, -0.05) is 28.1 Å². The molecule has 1 rings (SSSR count). The summed E-state index contributed by atoms with van der Waals surface area (Å²) in [6.07, 6.45) is -4.45. The van der Waals surface area contributed by atoms with Crippen LogP contribution in [0.25, 0.3) is 0 Å². The van der Waals surface area contributed by atoms with E-state index in [0.717, 1.165) is 10.0 Å². The van der Waals surface area contributed by atoms with Crippen LogP contribution in [-0.4, -0.2) is 23.8 Å². The van der Waals surface area contributed by atoms with E-state index in [4.69, 9.17) is 5.11 Å². The van der Waals surface area contributed by atoms with E-state index in [1.54, 1.807) is 13.0 Å². The second kappa shape index (κ2) is 5.71. The lowest BCUT2D eigenvalue weighted by molar-refractivity contribution is -0.143. The summed E-state index contributed by atoms with van der Waals surface area (Å²) in [5.41, 5.74) is 1.04. The van der Waals surface area contributed by atoms with Crippen LogP contribution in [0.4, 0.5) is 13.2 Å². The summed E-state index contributed by atoms with van der Waals surface area (Å²) < 4.78 is 37.0. The molecule has 18 heavy (non-hydrogen) atoms. The highest BCUT2D eigenvalue weighted by atomic mass is 79.9. The third-order valence-electron chi connectivity index (χ3n) is 2.27. The number of carboxylic acids is 1. The number of halogens is 4. The van der Waals surface area contributed by atoms with E-state index in [9.17, 15) is 18.0 Å². The number of benzene rings is 1. The van der Waals surface area contributed by atoms with Gasteiger partial charge in [-0.25, -0.2) is 0 Å². The number of carbonyl (C=O) groups is 1. The first-order valence-electron chi connectivity index (χ1n) is 4.99. The van der Waals surface area contributed by atoms with Crippen LogP contribution in [0, 0.1) is 6.92 Å². The Morgan fingerprint density at radius 1 is 1.50 bits per heavy atom. The molecule has 0 radical (unpaired) electrons. The summed E-state index contributed by atoms with van der Waals surface area (Å²) in [6.45, 7) is 0.384. The molecule has 0 aliphatic rings. The molecule has 0 aliphatic carbocycles. The minimum atomic E-state index is -4.45. The van der Waals surface area contributed by atoms with Crippen molar-refractivity contribution in [1.82, 2.24) is 5.32 Å². The van der Waals surface area contributed by atoms with Gasteiger partial charge in [-0.05, 0) is 24.1 Å². The summed E-state index contributed by atoms with van der Waals surface area (Å²) in [7, 11) is 0. The number of aryl methyl sites for hydroxylation is 1. The predicted octanol–water partition coefficient (Wildman–Crippen LogP) is 3.04. The van der Waals surface area contributed by atoms with Gasteiger partial charge in [0.1, 0.15) is 6.04 Å². The van der Waals surface area contributed by atoms with Crippen molar-refractivity contribution in [3.05, 3.63) is 33.8 Å². The van der Waals surface area contributed by atoms with Crippen molar-refractivity contribution in [2.24, 2.45) is 0 Å². The second-order valence-corrected chi connectivity index (χ2v) is 4.63. The second-order valence-electron chi connectivity index (χ2n) is 3.78. The Hall–Kier alpha value is -1.08. The zero-order valence-corrected chi connectivity index (χ0v) is 11.0. The summed E-state index contributed by atoms with van der Waals surface area (Å²) in [4.78, 5) is 11.0. The van der Waals surface area contributed by atoms with Crippen LogP contribution >= 0.6 is 15.9 Å². The van der Waals surface area contributed by atoms with Crippen LogP contribution in [0.3, 0.4) is 0 Å². The average Bonchev–Trinajstić information content (AvgIpc) is 2.21. The molecule has 0 spiro atoms. The van der Waals surface area contributed by atoms with Crippen LogP contribution in [0.5, 0.6) is 0 Å². The molecular weight excluding hydrogens is 315 g/mol. The molecule has 100 valence electrons. The van der Waals surface area contributed by atoms with Crippen molar-refractivity contribution < 1.29 is 23.1 Å². The van der Waals surface area contributed by atoms with E-state index < -0.39 is 24.7 Å². The van der Waals surface area contributed by atoms with Crippen LogP contribution in [0.2, 0.25) is 0 Å². The number of carboxylic acid groups (broad SMARTS) is 1. The third kappa shape index (κ3) is 4.30. The van der Waals surface area contributed by atoms with E-state index in [1.807, 2.05) is 5.32 Å². The van der Waals surface area contributed by atoms with Crippen molar-refractivity contribution in [1.29, 1.82) is 0 Å². The Labute approximate surface area is 110 Å². The molecule has 0 saturated heterocycles. The van der Waals surface area contributed by atoms with Gasteiger partial charge in [-0.3, -0.25) is 10.1 Å². The fourth-order valence-electron chi connectivity index (χ4n) is 1.41. The Morgan fingerprint density at radius 3 is 2.56 bits per heavy atom. The lowest BCUT2D eigenvalue weighted by atomic mass is 10.0. The minimum Gasteiger partial charge on any atom is -0.480 e. The molecule has 0 saturated carbocycles. The van der Waals surface area contributed by atoms with Gasteiger partial charge in [-0.15, -0.1) is 0 Å². The van der Waals surface area contributed by atoms with Gasteiger partial charge in [0.15, 0.2) is 0 Å². The zero-order chi connectivity index (χ0) is 13.9. The molecule has 1 unspecified atom stereocenters. The SMILES string of the molecule is Cc1cc(C(NCC(F)(F)F)C(=O)O)ccc1Br. The molecule has 1 aromatic rings. The number of nitrogens with one attached hydrogen (secondary N) is 1. The van der Waals surface area contributed by atoms with Gasteiger partial charge < -0.3 is 5.11 Å². The minimum absolute atomic E-state index is 0.285. The van der Waals surface area contributed by atoms with E-state index in [-0.39, 0.29) is 5.56 Å². The van der Waals surface area contributed by atoms with Gasteiger partial charge in [0.2, 0.25) is 0 Å². The van der Waals surface area contributed by atoms with E-state index >= 15 is 0 Å². The van der Waals surface area contributed by atoms with Crippen molar-refractivity contribution >= 4 is 21.9 Å². The zero-order valence-electron chi connectivity index (χ0n) is 9.38. The highest BCUT2D eigenvalue weighted by Gasteiger charge is 2.30. The van der Waals surface area contributed by atoms with Crippen LogP contribution in [0.15, 0.2) is 22.7 Å². The van der Waals surface area contributed by atoms with E-state index in [1.165, 1.54) is 12.1 Å². The molecular formula is C11H11BrF3NO2. The Morgan fingerprint density at radius 2 is 2.11 bits per heavy atom. The normalized spacial score (nSPS) is 13.4. The fraction of sp³-hybridized carbons (Fsp3) is 0.364. The smallest absolute Gasteiger partial charge is 0.401 e. The number of hydrogen-bond donors (Lipinski definition) is 2. The first-order valence-corrected chi connectivity index (χ1v) is 5.79. The first kappa shape index (κ1) is 15.0. The molecule has 7 heteroatoms. The molecule has 1 atom stereocenters. The molecule has 0 fully saturated rings. The van der Waals surface area contributed by atoms with Crippen molar-refractivity contribution in [3.8, 4) is 0 Å². The van der Waals surface area contributed by atoms with Gasteiger partial charge in [-0.2, -0.15) is 13.2 Å². The van der Waals surface area contributed by atoms with Crippen molar-refractivity contribution in [2.75, 3.05) is 6.54 Å². The van der Waals surface area contributed by atoms with Gasteiger partial charge in [0.05, 0.1) is 6.54 Å². The quantitative estimate of drug-likeness (QED) is 0.894. The Kier molecular flexibility index (Phi) is 4.75. The third-order valence-corrected chi connectivity index (χ3v) is 3.16. The van der Waals surface area contributed by atoms with Crippen molar-refractivity contribution in [3.63, 3.8) is 0 Å². The molecule has 0 bridgehead atoms. The largest absolute Gasteiger partial charge is 0.480 e. The summed E-state index contributed by atoms with van der Waals surface area (Å²) >= 11 is 3.24. The highest BCUT2D eigenvalue weighted by molar-refractivity contribution is 9.10. The molecule has 3 nitrogen and oxygen atoms in total. The van der Waals surface area contributed by atoms with Gasteiger partial charge in [0.25, 0.3) is 0 Å². The molecule has 1 aromatic carbocycles. The monoisotopic (exact) mass is 325 g/mol. The first-order chi connectivity index (χ1) is 8.20. The standard InChI is InChI=1S/C11H11BrF3NO2/c1-6-4-7(2-3-8(6)12)9(10(17)18)16-5-11(13,14)15/h2-4,9,16H,5H2,1H3,(H,17,18). The Balaban J connectivity index is 2.91. The fourth-order valence-corrected chi connectivity index (χ4v) is 1.66. The molecule has 0 aromatic heterocycles. The maximum absolute atomic E-state index is 12.1. The summed E-state index contributed by atoms with van der Waals surface area (Å²) in [5, 5.41) is 10.9. The number of alkyl halides is 3. The lowest BCUT2D eigenvalue weighted by Crippen LogP contribution is -2.36. The lowest BCUT2D eigenvalue weighted by Gasteiger charge is -2.17. The van der Waals surface area contributed by atoms with Crippen LogP contribution in [0.1, 0.15) is 17.2 Å². The predicted molar refractivity (Wildman–Crippen MR) is 63.3 cm³/mol. The number of aliphatic carboxylic acids is 1.